The monoisotopic (exact) mass is 213 g/mol. The van der Waals surface area contributed by atoms with Crippen LogP contribution in [0.5, 0.6) is 0 Å². The Bertz CT molecular complexity index is 181. The zero-order valence-electron chi connectivity index (χ0n) is 10.9. The molecule has 0 unspecified atom stereocenters. The van der Waals surface area contributed by atoms with Gasteiger partial charge in [-0.25, -0.2) is 0 Å². The number of nitrogens with zero attached hydrogens (tertiary/aromatic N) is 1. The third kappa shape index (κ3) is 3.46. The summed E-state index contributed by atoms with van der Waals surface area (Å²) in [4.78, 5) is 2.36. The Morgan fingerprint density at radius 2 is 2.13 bits per heavy atom. The van der Waals surface area contributed by atoms with Crippen molar-refractivity contribution in [1.29, 1.82) is 0 Å². The van der Waals surface area contributed by atoms with Gasteiger partial charge < -0.3 is 9.64 Å². The van der Waals surface area contributed by atoms with E-state index in [1.807, 2.05) is 7.11 Å². The van der Waals surface area contributed by atoms with E-state index in [9.17, 15) is 0 Å². The highest BCUT2D eigenvalue weighted by Gasteiger charge is 2.36. The minimum Gasteiger partial charge on any atom is -0.378 e. The number of hydrogen-bond donors (Lipinski definition) is 0. The molecular weight excluding hydrogens is 186 g/mol. The van der Waals surface area contributed by atoms with Crippen LogP contribution in [0.1, 0.15) is 51.9 Å². The van der Waals surface area contributed by atoms with Gasteiger partial charge in [-0.2, -0.15) is 0 Å². The van der Waals surface area contributed by atoms with Crippen molar-refractivity contribution in [2.24, 2.45) is 0 Å². The fraction of sp³-hybridized carbons (Fsp3) is 1.00. The van der Waals surface area contributed by atoms with Gasteiger partial charge in [-0.05, 0) is 46.2 Å². The third-order valence-corrected chi connectivity index (χ3v) is 3.93. The molecule has 0 aromatic rings. The SMILES string of the molecule is CCCC[C@]1(OC)CCC[C@@H](N(C)C)C1. The second kappa shape index (κ2) is 5.86. The number of rotatable bonds is 5. The van der Waals surface area contributed by atoms with E-state index in [0.29, 0.717) is 0 Å². The highest BCUT2D eigenvalue weighted by atomic mass is 16.5. The summed E-state index contributed by atoms with van der Waals surface area (Å²) in [6.45, 7) is 2.26. The smallest absolute Gasteiger partial charge is 0.0693 e. The number of unbranched alkanes of at least 4 members (excludes halogenated alkanes) is 1. The fourth-order valence-corrected chi connectivity index (χ4v) is 2.75. The van der Waals surface area contributed by atoms with E-state index in [4.69, 9.17) is 4.74 Å². The van der Waals surface area contributed by atoms with Crippen LogP contribution in [0.3, 0.4) is 0 Å². The van der Waals surface area contributed by atoms with Crippen LogP contribution in [0.2, 0.25) is 0 Å². The summed E-state index contributed by atoms with van der Waals surface area (Å²) < 4.78 is 5.83. The molecule has 1 saturated carbocycles. The molecule has 0 aliphatic heterocycles. The molecule has 1 rings (SSSR count). The van der Waals surface area contributed by atoms with Crippen molar-refractivity contribution in [3.05, 3.63) is 0 Å². The average molecular weight is 213 g/mol. The van der Waals surface area contributed by atoms with Gasteiger partial charge in [-0.1, -0.05) is 19.8 Å². The van der Waals surface area contributed by atoms with Gasteiger partial charge in [-0.3, -0.25) is 0 Å². The van der Waals surface area contributed by atoms with Gasteiger partial charge in [0, 0.05) is 13.2 Å². The largest absolute Gasteiger partial charge is 0.378 e. The standard InChI is InChI=1S/C13H27NO/c1-5-6-9-13(15-4)10-7-8-12(11-13)14(2)3/h12H,5-11H2,1-4H3/t12-,13+/m1/s1. The van der Waals surface area contributed by atoms with Crippen LogP contribution in [0.15, 0.2) is 0 Å². The van der Waals surface area contributed by atoms with E-state index >= 15 is 0 Å². The number of ether oxygens (including phenoxy) is 1. The third-order valence-electron chi connectivity index (χ3n) is 3.93. The summed E-state index contributed by atoms with van der Waals surface area (Å²) in [7, 11) is 6.28. The van der Waals surface area contributed by atoms with Crippen LogP contribution in [0, 0.1) is 0 Å². The lowest BCUT2D eigenvalue weighted by Crippen LogP contribution is -2.44. The predicted molar refractivity (Wildman–Crippen MR) is 65.2 cm³/mol. The molecule has 1 aliphatic carbocycles. The molecule has 0 amide bonds. The zero-order chi connectivity index (χ0) is 11.3. The minimum absolute atomic E-state index is 0.184. The van der Waals surface area contributed by atoms with E-state index in [1.54, 1.807) is 0 Å². The Morgan fingerprint density at radius 3 is 2.67 bits per heavy atom. The summed E-state index contributed by atoms with van der Waals surface area (Å²) in [5, 5.41) is 0. The van der Waals surface area contributed by atoms with Crippen molar-refractivity contribution >= 4 is 0 Å². The topological polar surface area (TPSA) is 12.5 Å². The number of hydrogen-bond acceptors (Lipinski definition) is 2. The van der Waals surface area contributed by atoms with Crippen molar-refractivity contribution in [2.75, 3.05) is 21.2 Å². The van der Waals surface area contributed by atoms with Crippen LogP contribution in [0.25, 0.3) is 0 Å². The normalized spacial score (nSPS) is 32.2. The molecule has 0 spiro atoms. The molecule has 2 nitrogen and oxygen atoms in total. The summed E-state index contributed by atoms with van der Waals surface area (Å²) in [6.07, 6.45) is 8.95. The molecule has 0 bridgehead atoms. The molecule has 2 atom stereocenters. The van der Waals surface area contributed by atoms with Gasteiger partial charge >= 0.3 is 0 Å². The maximum Gasteiger partial charge on any atom is 0.0693 e. The molecule has 15 heavy (non-hydrogen) atoms. The van der Waals surface area contributed by atoms with Crippen LogP contribution in [0.4, 0.5) is 0 Å². The first-order valence-electron chi connectivity index (χ1n) is 6.35. The first-order chi connectivity index (χ1) is 7.13. The van der Waals surface area contributed by atoms with E-state index in [0.717, 1.165) is 6.04 Å². The van der Waals surface area contributed by atoms with Crippen molar-refractivity contribution in [3.63, 3.8) is 0 Å². The van der Waals surface area contributed by atoms with Gasteiger partial charge in [0.2, 0.25) is 0 Å². The Morgan fingerprint density at radius 1 is 1.40 bits per heavy atom. The zero-order valence-corrected chi connectivity index (χ0v) is 10.9. The van der Waals surface area contributed by atoms with Gasteiger partial charge in [0.15, 0.2) is 0 Å². The highest BCUT2D eigenvalue weighted by molar-refractivity contribution is 4.90. The molecule has 1 fully saturated rings. The highest BCUT2D eigenvalue weighted by Crippen LogP contribution is 2.36. The Balaban J connectivity index is 2.55. The summed E-state index contributed by atoms with van der Waals surface area (Å²) >= 11 is 0. The van der Waals surface area contributed by atoms with Crippen molar-refractivity contribution < 1.29 is 4.74 Å². The maximum atomic E-state index is 5.83. The molecule has 0 saturated heterocycles. The minimum atomic E-state index is 0.184. The molecule has 0 N–H and O–H groups in total. The average Bonchev–Trinajstić information content (AvgIpc) is 2.26. The summed E-state index contributed by atoms with van der Waals surface area (Å²) in [6, 6.07) is 0.718. The Labute approximate surface area is 95.0 Å². The van der Waals surface area contributed by atoms with E-state index in [2.05, 4.69) is 25.9 Å². The van der Waals surface area contributed by atoms with Gasteiger partial charge in [-0.15, -0.1) is 0 Å². The van der Waals surface area contributed by atoms with Crippen LogP contribution >= 0.6 is 0 Å². The van der Waals surface area contributed by atoms with Crippen molar-refractivity contribution in [2.45, 2.75) is 63.5 Å². The molecule has 0 radical (unpaired) electrons. The Hall–Kier alpha value is -0.0800. The summed E-state index contributed by atoms with van der Waals surface area (Å²) in [5.74, 6) is 0. The maximum absolute atomic E-state index is 5.83. The first-order valence-corrected chi connectivity index (χ1v) is 6.35. The lowest BCUT2D eigenvalue weighted by atomic mass is 9.78. The molecular formula is C13H27NO. The molecule has 0 heterocycles. The van der Waals surface area contributed by atoms with E-state index < -0.39 is 0 Å². The molecule has 90 valence electrons. The molecule has 0 aromatic heterocycles. The molecule has 1 aliphatic rings. The van der Waals surface area contributed by atoms with Crippen LogP contribution < -0.4 is 0 Å². The van der Waals surface area contributed by atoms with E-state index in [1.165, 1.54) is 44.9 Å². The second-order valence-electron chi connectivity index (χ2n) is 5.20. The second-order valence-corrected chi connectivity index (χ2v) is 5.20. The lowest BCUT2D eigenvalue weighted by molar-refractivity contribution is -0.0657. The van der Waals surface area contributed by atoms with Gasteiger partial charge in [0.05, 0.1) is 5.60 Å². The van der Waals surface area contributed by atoms with Gasteiger partial charge in [0.25, 0.3) is 0 Å². The first kappa shape index (κ1) is 13.0. The lowest BCUT2D eigenvalue weighted by Gasteiger charge is -2.42. The molecule has 0 aromatic carbocycles. The van der Waals surface area contributed by atoms with Crippen molar-refractivity contribution in [1.82, 2.24) is 4.90 Å². The fourth-order valence-electron chi connectivity index (χ4n) is 2.75. The molecule has 2 heteroatoms. The van der Waals surface area contributed by atoms with E-state index in [-0.39, 0.29) is 5.60 Å². The van der Waals surface area contributed by atoms with Crippen LogP contribution in [-0.2, 0) is 4.74 Å². The predicted octanol–water partition coefficient (Wildman–Crippen LogP) is 3.07. The quantitative estimate of drug-likeness (QED) is 0.696. The number of methoxy groups -OCH3 is 1. The Kier molecular flexibility index (Phi) is 5.07. The van der Waals surface area contributed by atoms with Crippen molar-refractivity contribution in [3.8, 4) is 0 Å². The van der Waals surface area contributed by atoms with Crippen LogP contribution in [-0.4, -0.2) is 37.7 Å². The summed E-state index contributed by atoms with van der Waals surface area (Å²) in [5.41, 5.74) is 0.184. The van der Waals surface area contributed by atoms with Gasteiger partial charge in [0.1, 0.15) is 0 Å².